The molecule has 0 spiro atoms. The van der Waals surface area contributed by atoms with Gasteiger partial charge in [0.05, 0.1) is 18.3 Å². The third-order valence-corrected chi connectivity index (χ3v) is 4.15. The summed E-state index contributed by atoms with van der Waals surface area (Å²) >= 11 is 0. The first-order valence-electron chi connectivity index (χ1n) is 6.83. The van der Waals surface area contributed by atoms with Gasteiger partial charge in [0.2, 0.25) is 0 Å². The minimum absolute atomic E-state index is 0.262. The van der Waals surface area contributed by atoms with Gasteiger partial charge in [-0.2, -0.15) is 9.97 Å². The molecule has 2 aromatic heterocycles. The summed E-state index contributed by atoms with van der Waals surface area (Å²) < 4.78 is 5.17. The first kappa shape index (κ1) is 12.4. The highest BCUT2D eigenvalue weighted by molar-refractivity contribution is 5.82. The fourth-order valence-electron chi connectivity index (χ4n) is 3.05. The normalized spacial score (nSPS) is 18.7. The number of nitrogens with one attached hydrogen (secondary N) is 1. The predicted molar refractivity (Wildman–Crippen MR) is 74.1 cm³/mol. The smallest absolute Gasteiger partial charge is 0.317 e. The van der Waals surface area contributed by atoms with Gasteiger partial charge in [0, 0.05) is 17.3 Å². The van der Waals surface area contributed by atoms with E-state index in [0.717, 1.165) is 35.1 Å². The quantitative estimate of drug-likeness (QED) is 0.869. The lowest BCUT2D eigenvalue weighted by molar-refractivity contribution is 0.304. The number of fused-ring (bicyclic) bond motifs is 1. The summed E-state index contributed by atoms with van der Waals surface area (Å²) in [6.45, 7) is 1.96. The maximum Gasteiger partial charge on any atom is 0.317 e. The van der Waals surface area contributed by atoms with Crippen molar-refractivity contribution >= 4 is 11.0 Å². The SMILES string of the molecule is COc1nc(C)c2[nH]cc(C3(N)CCCCC3)c2n1. The van der Waals surface area contributed by atoms with Crippen LogP contribution in [-0.2, 0) is 5.54 Å². The molecule has 2 heterocycles. The van der Waals surface area contributed by atoms with E-state index >= 15 is 0 Å². The van der Waals surface area contributed by atoms with Crippen molar-refractivity contribution in [3.63, 3.8) is 0 Å². The Balaban J connectivity index is 2.16. The highest BCUT2D eigenvalue weighted by Gasteiger charge is 2.32. The molecule has 5 heteroatoms. The van der Waals surface area contributed by atoms with Gasteiger partial charge < -0.3 is 15.5 Å². The summed E-state index contributed by atoms with van der Waals surface area (Å²) in [5.41, 5.74) is 10.2. The Hall–Kier alpha value is -1.62. The van der Waals surface area contributed by atoms with Crippen molar-refractivity contribution < 1.29 is 4.74 Å². The molecule has 0 aromatic carbocycles. The molecule has 0 saturated heterocycles. The van der Waals surface area contributed by atoms with Gasteiger partial charge in [0.1, 0.15) is 5.52 Å². The molecule has 0 bridgehead atoms. The van der Waals surface area contributed by atoms with Crippen molar-refractivity contribution in [3.8, 4) is 6.01 Å². The van der Waals surface area contributed by atoms with Gasteiger partial charge in [-0.1, -0.05) is 19.3 Å². The predicted octanol–water partition coefficient (Wildman–Crippen LogP) is 2.39. The molecule has 0 unspecified atom stereocenters. The number of hydrogen-bond acceptors (Lipinski definition) is 4. The van der Waals surface area contributed by atoms with Crippen LogP contribution in [0.2, 0.25) is 0 Å². The number of aromatic nitrogens is 3. The zero-order chi connectivity index (χ0) is 13.5. The molecule has 1 aliphatic carbocycles. The molecule has 0 amide bonds. The minimum Gasteiger partial charge on any atom is -0.467 e. The number of ether oxygens (including phenoxy) is 1. The highest BCUT2D eigenvalue weighted by Crippen LogP contribution is 2.38. The van der Waals surface area contributed by atoms with Crippen LogP contribution in [0.15, 0.2) is 6.20 Å². The van der Waals surface area contributed by atoms with Gasteiger partial charge in [-0.05, 0) is 19.8 Å². The largest absolute Gasteiger partial charge is 0.467 e. The van der Waals surface area contributed by atoms with Crippen molar-refractivity contribution in [1.82, 2.24) is 15.0 Å². The topological polar surface area (TPSA) is 76.8 Å². The lowest BCUT2D eigenvalue weighted by Gasteiger charge is -2.33. The standard InChI is InChI=1S/C14H20N4O/c1-9-11-12(18-13(17-9)19-2)10(8-16-11)14(15)6-4-3-5-7-14/h8,16H,3-7,15H2,1-2H3. The first-order chi connectivity index (χ1) is 9.14. The third-order valence-electron chi connectivity index (χ3n) is 4.15. The Kier molecular flexibility index (Phi) is 2.93. The van der Waals surface area contributed by atoms with E-state index < -0.39 is 0 Å². The Morgan fingerprint density at radius 1 is 1.26 bits per heavy atom. The summed E-state index contributed by atoms with van der Waals surface area (Å²) in [5, 5.41) is 0. The fraction of sp³-hybridized carbons (Fsp3) is 0.571. The van der Waals surface area contributed by atoms with Crippen LogP contribution in [0.5, 0.6) is 6.01 Å². The lowest BCUT2D eigenvalue weighted by atomic mass is 9.78. The maximum absolute atomic E-state index is 6.61. The average molecular weight is 260 g/mol. The molecule has 5 nitrogen and oxygen atoms in total. The fourth-order valence-corrected chi connectivity index (χ4v) is 3.05. The van der Waals surface area contributed by atoms with Gasteiger partial charge in [0.15, 0.2) is 0 Å². The van der Waals surface area contributed by atoms with Crippen molar-refractivity contribution in [2.75, 3.05) is 7.11 Å². The first-order valence-corrected chi connectivity index (χ1v) is 6.83. The van der Waals surface area contributed by atoms with Crippen molar-refractivity contribution in [3.05, 3.63) is 17.5 Å². The summed E-state index contributed by atoms with van der Waals surface area (Å²) in [4.78, 5) is 12.1. The zero-order valence-electron chi connectivity index (χ0n) is 11.5. The Bertz CT molecular complexity index is 599. The van der Waals surface area contributed by atoms with Gasteiger partial charge in [0.25, 0.3) is 0 Å². The van der Waals surface area contributed by atoms with Gasteiger partial charge >= 0.3 is 6.01 Å². The molecule has 19 heavy (non-hydrogen) atoms. The van der Waals surface area contributed by atoms with Gasteiger partial charge in [-0.25, -0.2) is 0 Å². The summed E-state index contributed by atoms with van der Waals surface area (Å²) in [6.07, 6.45) is 7.68. The molecule has 2 aromatic rings. The summed E-state index contributed by atoms with van der Waals surface area (Å²) in [7, 11) is 1.59. The second kappa shape index (κ2) is 4.49. The summed E-state index contributed by atoms with van der Waals surface area (Å²) in [6, 6.07) is 0.408. The molecule has 3 N–H and O–H groups in total. The number of aromatic amines is 1. The second-order valence-electron chi connectivity index (χ2n) is 5.44. The Morgan fingerprint density at radius 2 is 2.00 bits per heavy atom. The van der Waals surface area contributed by atoms with E-state index in [9.17, 15) is 0 Å². The van der Waals surface area contributed by atoms with Crippen LogP contribution in [0, 0.1) is 6.92 Å². The number of nitrogens with zero attached hydrogens (tertiary/aromatic N) is 2. The van der Waals surface area contributed by atoms with Crippen LogP contribution in [-0.4, -0.2) is 22.1 Å². The van der Waals surface area contributed by atoms with Crippen LogP contribution in [0.4, 0.5) is 0 Å². The Morgan fingerprint density at radius 3 is 2.68 bits per heavy atom. The van der Waals surface area contributed by atoms with Crippen molar-refractivity contribution in [1.29, 1.82) is 0 Å². The maximum atomic E-state index is 6.61. The summed E-state index contributed by atoms with van der Waals surface area (Å²) in [5.74, 6) is 0. The molecule has 0 radical (unpaired) electrons. The van der Waals surface area contributed by atoms with Crippen LogP contribution in [0.25, 0.3) is 11.0 Å². The monoisotopic (exact) mass is 260 g/mol. The molecule has 1 saturated carbocycles. The molecular formula is C14H20N4O. The number of H-pyrrole nitrogens is 1. The lowest BCUT2D eigenvalue weighted by Crippen LogP contribution is -2.38. The van der Waals surface area contributed by atoms with Crippen LogP contribution in [0.3, 0.4) is 0 Å². The number of nitrogens with two attached hydrogens (primary N) is 1. The van der Waals surface area contributed by atoms with E-state index in [0.29, 0.717) is 6.01 Å². The Labute approximate surface area is 112 Å². The van der Waals surface area contributed by atoms with E-state index in [4.69, 9.17) is 10.5 Å². The highest BCUT2D eigenvalue weighted by atomic mass is 16.5. The number of methoxy groups -OCH3 is 1. The molecule has 1 aliphatic rings. The van der Waals surface area contributed by atoms with Crippen molar-refractivity contribution in [2.45, 2.75) is 44.6 Å². The second-order valence-corrected chi connectivity index (χ2v) is 5.44. The molecule has 1 fully saturated rings. The number of aryl methyl sites for hydroxylation is 1. The molecule has 0 aliphatic heterocycles. The van der Waals surface area contributed by atoms with E-state index in [1.165, 1.54) is 19.3 Å². The average Bonchev–Trinajstić information content (AvgIpc) is 2.84. The van der Waals surface area contributed by atoms with Crippen molar-refractivity contribution in [2.24, 2.45) is 5.73 Å². The molecule has 0 atom stereocenters. The van der Waals surface area contributed by atoms with Crippen LogP contribution >= 0.6 is 0 Å². The third kappa shape index (κ3) is 1.98. The number of rotatable bonds is 2. The van der Waals surface area contributed by atoms with E-state index in [1.807, 2.05) is 13.1 Å². The van der Waals surface area contributed by atoms with E-state index in [2.05, 4.69) is 15.0 Å². The number of hydrogen-bond donors (Lipinski definition) is 2. The van der Waals surface area contributed by atoms with Gasteiger partial charge in [-0.15, -0.1) is 0 Å². The minimum atomic E-state index is -0.262. The van der Waals surface area contributed by atoms with Crippen LogP contribution < -0.4 is 10.5 Å². The van der Waals surface area contributed by atoms with Gasteiger partial charge in [-0.3, -0.25) is 0 Å². The van der Waals surface area contributed by atoms with Crippen LogP contribution in [0.1, 0.15) is 43.4 Å². The molecule has 102 valence electrons. The van der Waals surface area contributed by atoms with E-state index in [1.54, 1.807) is 7.11 Å². The molecular weight excluding hydrogens is 240 g/mol. The zero-order valence-corrected chi connectivity index (χ0v) is 11.5. The van der Waals surface area contributed by atoms with E-state index in [-0.39, 0.29) is 5.54 Å². The molecule has 3 rings (SSSR count).